The molecule has 18 nitrogen and oxygen atoms in total. The van der Waals surface area contributed by atoms with E-state index in [-0.39, 0.29) is 63.7 Å². The Kier molecular flexibility index (Phi) is 25.1. The van der Waals surface area contributed by atoms with Crippen molar-refractivity contribution in [3.8, 4) is 5.75 Å². The molecule has 0 unspecified atom stereocenters. The highest BCUT2D eigenvalue weighted by Gasteiger charge is 2.34. The molecule has 6 N–H and O–H groups in total. The topological polar surface area (TPSA) is 246 Å². The number of para-hydroxylation sites is 1. The molecular weight excluding hydrogens is 913 g/mol. The Morgan fingerprint density at radius 1 is 0.549 bits per heavy atom. The highest BCUT2D eigenvalue weighted by molar-refractivity contribution is 5.96. The van der Waals surface area contributed by atoms with Crippen LogP contribution in [0, 0.1) is 11.8 Å². The smallest absolute Gasteiger partial charge is 0.408 e. The zero-order valence-electron chi connectivity index (χ0n) is 42.4. The third-order valence-electron chi connectivity index (χ3n) is 11.4. The maximum atomic E-state index is 14.4. The first-order valence-corrected chi connectivity index (χ1v) is 24.4. The number of Topliss-reactive ketones (excluding diaryl/α,β-unsaturated/α-hetero) is 1. The van der Waals surface area contributed by atoms with E-state index in [1.54, 1.807) is 76.2 Å². The summed E-state index contributed by atoms with van der Waals surface area (Å²) in [5, 5.41) is 16.1. The number of hydrogen-bond donors (Lipinski definition) is 6. The second-order valence-corrected chi connectivity index (χ2v) is 18.5. The largest absolute Gasteiger partial charge is 0.486 e. The Labute approximate surface area is 417 Å². The minimum atomic E-state index is -1.43. The zero-order chi connectivity index (χ0) is 52.3. The fourth-order valence-electron chi connectivity index (χ4n) is 6.91. The van der Waals surface area contributed by atoms with Gasteiger partial charge in [-0.2, -0.15) is 0 Å². The average molecular weight is 987 g/mol. The molecule has 0 radical (unpaired) electrons. The summed E-state index contributed by atoms with van der Waals surface area (Å²) >= 11 is 0. The summed E-state index contributed by atoms with van der Waals surface area (Å²) < 4.78 is 21.8. The first-order chi connectivity index (χ1) is 33.8. The number of nitrogens with one attached hydrogen (secondary N) is 6. The Morgan fingerprint density at radius 3 is 1.65 bits per heavy atom. The number of benzene rings is 3. The quantitative estimate of drug-likeness (QED) is 0.0259. The summed E-state index contributed by atoms with van der Waals surface area (Å²) in [5.41, 5.74) is 0.682. The van der Waals surface area contributed by atoms with Gasteiger partial charge in [0.25, 0.3) is 0 Å². The van der Waals surface area contributed by atoms with Crippen molar-refractivity contribution < 1.29 is 57.3 Å². The predicted molar refractivity (Wildman–Crippen MR) is 266 cm³/mol. The van der Waals surface area contributed by atoms with Gasteiger partial charge < -0.3 is 50.8 Å². The van der Waals surface area contributed by atoms with Gasteiger partial charge in [0.1, 0.15) is 55.3 Å². The Hall–Kier alpha value is -6.98. The van der Waals surface area contributed by atoms with Crippen LogP contribution in [-0.4, -0.2) is 96.5 Å². The number of ketones is 1. The van der Waals surface area contributed by atoms with Gasteiger partial charge in [-0.3, -0.25) is 28.8 Å². The van der Waals surface area contributed by atoms with E-state index in [0.29, 0.717) is 25.0 Å². The van der Waals surface area contributed by atoms with Gasteiger partial charge in [0.05, 0.1) is 6.04 Å². The van der Waals surface area contributed by atoms with Gasteiger partial charge in [0, 0.05) is 13.0 Å². The number of carbonyl (C=O) groups excluding carboxylic acids is 8. The van der Waals surface area contributed by atoms with Crippen LogP contribution in [0.5, 0.6) is 5.75 Å². The second kappa shape index (κ2) is 30.6. The van der Waals surface area contributed by atoms with Crippen LogP contribution in [0.2, 0.25) is 0 Å². The van der Waals surface area contributed by atoms with Crippen molar-refractivity contribution in [3.05, 3.63) is 102 Å². The van der Waals surface area contributed by atoms with Gasteiger partial charge in [-0.05, 0) is 88.5 Å². The summed E-state index contributed by atoms with van der Waals surface area (Å²) in [6, 6.07) is 20.9. The number of rotatable bonds is 29. The molecule has 0 heterocycles. The van der Waals surface area contributed by atoms with Crippen LogP contribution in [0.15, 0.2) is 91.0 Å². The Bertz CT molecular complexity index is 2150. The third kappa shape index (κ3) is 22.5. The van der Waals surface area contributed by atoms with Crippen LogP contribution >= 0.6 is 0 Å². The van der Waals surface area contributed by atoms with Gasteiger partial charge in [-0.1, -0.05) is 119 Å². The molecule has 3 rings (SSSR count). The molecule has 0 aliphatic heterocycles. The fraction of sp³-hybridized carbons (Fsp3) is 0.509. The first kappa shape index (κ1) is 58.3. The van der Waals surface area contributed by atoms with Gasteiger partial charge in [-0.25, -0.2) is 9.59 Å². The lowest BCUT2D eigenvalue weighted by atomic mass is 9.95. The summed E-state index contributed by atoms with van der Waals surface area (Å²) in [4.78, 5) is 108. The van der Waals surface area contributed by atoms with E-state index < -0.39 is 83.5 Å². The lowest BCUT2D eigenvalue weighted by molar-refractivity contribution is -0.145. The number of hydrogen-bond acceptors (Lipinski definition) is 12. The molecule has 388 valence electrons. The second-order valence-electron chi connectivity index (χ2n) is 18.5. The van der Waals surface area contributed by atoms with Crippen LogP contribution < -0.4 is 36.6 Å². The molecule has 0 bridgehead atoms. The van der Waals surface area contributed by atoms with Crippen molar-refractivity contribution in [1.29, 1.82) is 0 Å². The van der Waals surface area contributed by atoms with Crippen LogP contribution in [0.4, 0.5) is 9.59 Å². The highest BCUT2D eigenvalue weighted by atomic mass is 16.6. The Morgan fingerprint density at radius 2 is 1.07 bits per heavy atom. The van der Waals surface area contributed by atoms with E-state index >= 15 is 0 Å². The van der Waals surface area contributed by atoms with E-state index in [9.17, 15) is 38.4 Å². The first-order valence-electron chi connectivity index (χ1n) is 24.4. The fourth-order valence-corrected chi connectivity index (χ4v) is 6.91. The van der Waals surface area contributed by atoms with Crippen molar-refractivity contribution in [1.82, 2.24) is 31.9 Å². The zero-order valence-corrected chi connectivity index (χ0v) is 42.4. The van der Waals surface area contributed by atoms with Crippen molar-refractivity contribution >= 4 is 47.6 Å². The number of amides is 6. The van der Waals surface area contributed by atoms with Crippen molar-refractivity contribution in [3.63, 3.8) is 0 Å². The molecule has 71 heavy (non-hydrogen) atoms. The lowest BCUT2D eigenvalue weighted by Gasteiger charge is -2.29. The van der Waals surface area contributed by atoms with Crippen LogP contribution in [0.25, 0.3) is 0 Å². The number of unbranched alkanes of at least 4 members (excludes halogenated alkanes) is 1. The molecule has 7 atom stereocenters. The van der Waals surface area contributed by atoms with E-state index in [4.69, 9.17) is 18.9 Å². The SMILES string of the molecule is CC[C@@H](C)[C@@H](NC(=O)OC(C)(C)C)C(=O)N[C@H](CCCCNC(=O)OCc1ccccc1)C(=O)N[C@H](CCC(=O)OCc1ccccc1)C(=O)N[C@H](C)C(=O)N[C@@H](C(=O)COc1ccccc1)[C@@H](C)CC. The average Bonchev–Trinajstić information content (AvgIpc) is 3.35. The summed E-state index contributed by atoms with van der Waals surface area (Å²) in [6.45, 7) is 13.6. The lowest BCUT2D eigenvalue weighted by Crippen LogP contribution is -2.59. The summed E-state index contributed by atoms with van der Waals surface area (Å²) in [5.74, 6) is -4.26. The van der Waals surface area contributed by atoms with Crippen molar-refractivity contribution in [2.24, 2.45) is 11.8 Å². The number of alkyl carbamates (subject to hydrolysis) is 2. The third-order valence-corrected chi connectivity index (χ3v) is 11.4. The molecule has 3 aromatic rings. The molecule has 0 aliphatic carbocycles. The number of esters is 1. The molecule has 0 saturated carbocycles. The Balaban J connectivity index is 1.83. The van der Waals surface area contributed by atoms with Crippen molar-refractivity contribution in [2.45, 2.75) is 149 Å². The summed E-state index contributed by atoms with van der Waals surface area (Å²) in [7, 11) is 0. The minimum Gasteiger partial charge on any atom is -0.486 e. The van der Waals surface area contributed by atoms with Crippen LogP contribution in [0.3, 0.4) is 0 Å². The minimum absolute atomic E-state index is 0.0171. The van der Waals surface area contributed by atoms with Gasteiger partial charge in [0.15, 0.2) is 5.78 Å². The van der Waals surface area contributed by atoms with E-state index in [2.05, 4.69) is 31.9 Å². The van der Waals surface area contributed by atoms with Gasteiger partial charge in [0.2, 0.25) is 23.6 Å². The molecule has 0 aliphatic rings. The molecule has 0 spiro atoms. The summed E-state index contributed by atoms with van der Waals surface area (Å²) in [6.07, 6.45) is -0.390. The standard InChI is InChI=1S/C53H74N6O12/c1-9-35(3)45(43(60)34-68-40-26-18-13-19-27-40)58-47(62)37(5)55-48(63)42(29-30-44(61)69-32-38-22-14-11-15-23-38)56-49(64)41(28-20-21-31-54-51(66)70-33-39-24-16-12-17-25-39)57-50(65)46(36(4)10-2)59-52(67)71-53(6,7)8/h11-19,22-27,35-37,41-42,45-46H,9-10,20-21,28-34H2,1-8H3,(H,54,66)(H,55,63)(H,56,64)(H,57,65)(H,58,62)(H,59,67)/t35-,36+,37+,41+,42+,45+,46+/m0/s1. The monoisotopic (exact) mass is 987 g/mol. The number of carbonyl (C=O) groups is 8. The normalized spacial score (nSPS) is 14.0. The number of ether oxygens (including phenoxy) is 4. The highest BCUT2D eigenvalue weighted by Crippen LogP contribution is 2.15. The van der Waals surface area contributed by atoms with Crippen LogP contribution in [0.1, 0.15) is 111 Å². The molecule has 6 amide bonds. The predicted octanol–water partition coefficient (Wildman–Crippen LogP) is 6.20. The molecule has 0 saturated heterocycles. The van der Waals surface area contributed by atoms with E-state index in [0.717, 1.165) is 11.1 Å². The van der Waals surface area contributed by atoms with Crippen LogP contribution in [-0.2, 0) is 56.2 Å². The maximum absolute atomic E-state index is 14.4. The van der Waals surface area contributed by atoms with Crippen molar-refractivity contribution in [2.75, 3.05) is 13.2 Å². The maximum Gasteiger partial charge on any atom is 0.408 e. The molecule has 18 heteroatoms. The van der Waals surface area contributed by atoms with E-state index in [1.807, 2.05) is 63.2 Å². The van der Waals surface area contributed by atoms with Gasteiger partial charge in [-0.15, -0.1) is 0 Å². The molecule has 0 fully saturated rings. The molecular formula is C53H74N6O12. The van der Waals surface area contributed by atoms with E-state index in [1.165, 1.54) is 6.92 Å². The molecule has 3 aromatic carbocycles. The molecule has 0 aromatic heterocycles. The van der Waals surface area contributed by atoms with Gasteiger partial charge >= 0.3 is 18.2 Å².